The number of carbonyl (C=O) groups is 1. The van der Waals surface area contributed by atoms with Gasteiger partial charge in [0.1, 0.15) is 0 Å². The van der Waals surface area contributed by atoms with Gasteiger partial charge in [-0.15, -0.1) is 0 Å². The fraction of sp³-hybridized carbons (Fsp3) is 0.941. The average molecular weight is 313 g/mol. The molecular weight excluding hydrogens is 278 g/mol. The van der Waals surface area contributed by atoms with E-state index in [9.17, 15) is 4.79 Å². The Morgan fingerprint density at radius 2 is 1.91 bits per heavy atom. The molecular formula is C17H35N3O2. The lowest BCUT2D eigenvalue weighted by molar-refractivity contribution is -0.137. The third-order valence-corrected chi connectivity index (χ3v) is 4.41. The molecule has 1 fully saturated rings. The topological polar surface area (TPSA) is 64.6 Å². The molecule has 0 unspecified atom stereocenters. The number of rotatable bonds is 14. The molecule has 0 aliphatic carbocycles. The molecule has 130 valence electrons. The van der Waals surface area contributed by atoms with Gasteiger partial charge in [0.05, 0.1) is 0 Å². The lowest BCUT2D eigenvalue weighted by atomic mass is 10.2. The fourth-order valence-corrected chi connectivity index (χ4v) is 3.06. The summed E-state index contributed by atoms with van der Waals surface area (Å²) in [5.74, 6) is -0.687. The molecule has 1 rings (SSSR count). The largest absolute Gasteiger partial charge is 0.481 e. The van der Waals surface area contributed by atoms with E-state index in [0.29, 0.717) is 12.5 Å². The quantitative estimate of drug-likeness (QED) is 0.429. The molecule has 1 aliphatic heterocycles. The summed E-state index contributed by atoms with van der Waals surface area (Å²) in [4.78, 5) is 13.0. The van der Waals surface area contributed by atoms with Crippen LogP contribution >= 0.6 is 0 Å². The molecule has 0 aromatic heterocycles. The summed E-state index contributed by atoms with van der Waals surface area (Å²) in [6.07, 6.45) is 8.52. The monoisotopic (exact) mass is 313 g/mol. The Morgan fingerprint density at radius 1 is 1.14 bits per heavy atom. The maximum absolute atomic E-state index is 10.4. The zero-order chi connectivity index (χ0) is 16.0. The molecule has 3 N–H and O–H groups in total. The lowest BCUT2D eigenvalue weighted by Crippen LogP contribution is -2.41. The van der Waals surface area contributed by atoms with Crippen molar-refractivity contribution < 1.29 is 9.90 Å². The van der Waals surface area contributed by atoms with Crippen LogP contribution < -0.4 is 10.6 Å². The van der Waals surface area contributed by atoms with Crippen molar-refractivity contribution in [2.75, 3.05) is 39.3 Å². The number of carboxylic acids is 1. The first-order valence-corrected chi connectivity index (χ1v) is 9.11. The van der Waals surface area contributed by atoms with Gasteiger partial charge in [0.2, 0.25) is 0 Å². The molecule has 1 atom stereocenters. The second-order valence-electron chi connectivity index (χ2n) is 6.34. The van der Waals surface area contributed by atoms with Gasteiger partial charge >= 0.3 is 5.97 Å². The number of unbranched alkanes of at least 4 members (excludes halogenated alkanes) is 3. The Balaban J connectivity index is 1.99. The SMILES string of the molecule is CCCCCNCCN1CCC[C@@H]1CNCCCCC(=O)O. The van der Waals surface area contributed by atoms with E-state index in [0.717, 1.165) is 45.6 Å². The highest BCUT2D eigenvalue weighted by molar-refractivity contribution is 5.66. The van der Waals surface area contributed by atoms with Crippen LogP contribution in [0.4, 0.5) is 0 Å². The van der Waals surface area contributed by atoms with Crippen molar-refractivity contribution in [3.05, 3.63) is 0 Å². The van der Waals surface area contributed by atoms with Crippen molar-refractivity contribution >= 4 is 5.97 Å². The summed E-state index contributed by atoms with van der Waals surface area (Å²) in [6, 6.07) is 0.664. The van der Waals surface area contributed by atoms with Crippen LogP contribution in [-0.2, 0) is 4.79 Å². The second-order valence-corrected chi connectivity index (χ2v) is 6.34. The molecule has 0 aromatic carbocycles. The minimum atomic E-state index is -0.687. The first kappa shape index (κ1) is 19.4. The number of aliphatic carboxylic acids is 1. The Bertz CT molecular complexity index is 287. The highest BCUT2D eigenvalue weighted by Gasteiger charge is 2.23. The Labute approximate surface area is 135 Å². The van der Waals surface area contributed by atoms with Crippen LogP contribution in [0.15, 0.2) is 0 Å². The van der Waals surface area contributed by atoms with Crippen LogP contribution in [0, 0.1) is 0 Å². The van der Waals surface area contributed by atoms with Crippen LogP contribution in [0.5, 0.6) is 0 Å². The van der Waals surface area contributed by atoms with Crippen molar-refractivity contribution in [1.29, 1.82) is 0 Å². The van der Waals surface area contributed by atoms with Crippen molar-refractivity contribution in [3.8, 4) is 0 Å². The van der Waals surface area contributed by atoms with Crippen molar-refractivity contribution in [2.45, 2.75) is 64.3 Å². The van der Waals surface area contributed by atoms with Gasteiger partial charge in [-0.3, -0.25) is 9.69 Å². The number of likely N-dealkylation sites (tertiary alicyclic amines) is 1. The Morgan fingerprint density at radius 3 is 2.68 bits per heavy atom. The third-order valence-electron chi connectivity index (χ3n) is 4.41. The van der Waals surface area contributed by atoms with Crippen LogP contribution in [0.1, 0.15) is 58.3 Å². The molecule has 22 heavy (non-hydrogen) atoms. The number of carboxylic acid groups (broad SMARTS) is 1. The molecule has 1 saturated heterocycles. The molecule has 5 nitrogen and oxygen atoms in total. The van der Waals surface area contributed by atoms with Crippen LogP contribution in [0.25, 0.3) is 0 Å². The molecule has 1 heterocycles. The third kappa shape index (κ3) is 9.38. The van der Waals surface area contributed by atoms with Gasteiger partial charge in [0.15, 0.2) is 0 Å². The van der Waals surface area contributed by atoms with Crippen molar-refractivity contribution in [1.82, 2.24) is 15.5 Å². The van der Waals surface area contributed by atoms with E-state index in [1.165, 1.54) is 38.6 Å². The van der Waals surface area contributed by atoms with Gasteiger partial charge < -0.3 is 15.7 Å². The van der Waals surface area contributed by atoms with Gasteiger partial charge in [-0.25, -0.2) is 0 Å². The maximum Gasteiger partial charge on any atom is 0.303 e. The highest BCUT2D eigenvalue weighted by Crippen LogP contribution is 2.15. The maximum atomic E-state index is 10.4. The minimum absolute atomic E-state index is 0.293. The van der Waals surface area contributed by atoms with E-state index >= 15 is 0 Å². The number of nitrogens with zero attached hydrogens (tertiary/aromatic N) is 1. The number of hydrogen-bond donors (Lipinski definition) is 3. The summed E-state index contributed by atoms with van der Waals surface area (Å²) < 4.78 is 0. The number of hydrogen-bond acceptors (Lipinski definition) is 4. The molecule has 0 bridgehead atoms. The summed E-state index contributed by atoms with van der Waals surface area (Å²) in [5, 5.41) is 15.6. The first-order chi connectivity index (χ1) is 10.7. The summed E-state index contributed by atoms with van der Waals surface area (Å²) >= 11 is 0. The van der Waals surface area contributed by atoms with Crippen molar-refractivity contribution in [3.63, 3.8) is 0 Å². The van der Waals surface area contributed by atoms with Crippen molar-refractivity contribution in [2.24, 2.45) is 0 Å². The van der Waals surface area contributed by atoms with Crippen LogP contribution in [0.3, 0.4) is 0 Å². The second kappa shape index (κ2) is 12.9. The van der Waals surface area contributed by atoms with E-state index in [4.69, 9.17) is 5.11 Å². The molecule has 0 saturated carbocycles. The molecule has 5 heteroatoms. The standard InChI is InChI=1S/C17H35N3O2/c1-2-3-5-10-18-12-14-20-13-7-8-16(20)15-19-11-6-4-9-17(21)22/h16,18-19H,2-15H2,1H3,(H,21,22)/t16-/m1/s1. The van der Waals surface area contributed by atoms with Gasteiger partial charge in [0, 0.05) is 32.1 Å². The van der Waals surface area contributed by atoms with E-state index in [-0.39, 0.29) is 0 Å². The predicted octanol–water partition coefficient (Wildman–Crippen LogP) is 2.08. The minimum Gasteiger partial charge on any atom is -0.481 e. The summed E-state index contributed by atoms with van der Waals surface area (Å²) in [5.41, 5.74) is 0. The molecule has 0 radical (unpaired) electrons. The van der Waals surface area contributed by atoms with E-state index in [1.54, 1.807) is 0 Å². The van der Waals surface area contributed by atoms with Crippen LogP contribution in [-0.4, -0.2) is 61.3 Å². The van der Waals surface area contributed by atoms with E-state index < -0.39 is 5.97 Å². The first-order valence-electron chi connectivity index (χ1n) is 9.11. The average Bonchev–Trinajstić information content (AvgIpc) is 2.93. The van der Waals surface area contributed by atoms with Gasteiger partial charge in [-0.05, 0) is 51.7 Å². The van der Waals surface area contributed by atoms with Gasteiger partial charge in [-0.2, -0.15) is 0 Å². The zero-order valence-electron chi connectivity index (χ0n) is 14.3. The van der Waals surface area contributed by atoms with Gasteiger partial charge in [-0.1, -0.05) is 19.8 Å². The molecule has 0 spiro atoms. The normalized spacial score (nSPS) is 18.9. The Kier molecular flexibility index (Phi) is 11.3. The molecule has 0 aromatic rings. The highest BCUT2D eigenvalue weighted by atomic mass is 16.4. The molecule has 1 aliphatic rings. The zero-order valence-corrected chi connectivity index (χ0v) is 14.3. The Hall–Kier alpha value is -0.650. The fourth-order valence-electron chi connectivity index (χ4n) is 3.06. The smallest absolute Gasteiger partial charge is 0.303 e. The lowest BCUT2D eigenvalue weighted by Gasteiger charge is -2.25. The van der Waals surface area contributed by atoms with Gasteiger partial charge in [0.25, 0.3) is 0 Å². The van der Waals surface area contributed by atoms with E-state index in [1.807, 2.05) is 0 Å². The number of nitrogens with one attached hydrogen (secondary N) is 2. The van der Waals surface area contributed by atoms with E-state index in [2.05, 4.69) is 22.5 Å². The summed E-state index contributed by atoms with van der Waals surface area (Å²) in [7, 11) is 0. The van der Waals surface area contributed by atoms with Crippen LogP contribution in [0.2, 0.25) is 0 Å². The predicted molar refractivity (Wildman–Crippen MR) is 91.3 cm³/mol. The molecule has 0 amide bonds. The summed E-state index contributed by atoms with van der Waals surface area (Å²) in [6.45, 7) is 8.84.